The van der Waals surface area contributed by atoms with Crippen molar-refractivity contribution >= 4 is 23.2 Å². The summed E-state index contributed by atoms with van der Waals surface area (Å²) in [6.45, 7) is 12.0. The first kappa shape index (κ1) is 13.4. The Morgan fingerprint density at radius 3 is 2.48 bits per heavy atom. The minimum absolute atomic E-state index is 0.976. The van der Waals surface area contributed by atoms with Crippen LogP contribution in [0.15, 0.2) is 49.6 Å². The Hall–Kier alpha value is -2.61. The Morgan fingerprint density at radius 2 is 1.76 bits per heavy atom. The number of hydrogen-bond donors (Lipinski definition) is 0. The third-order valence-electron chi connectivity index (χ3n) is 3.84. The SMILES string of the molecule is C=Cc1cccc(-n2c(C)nc3c(C)cccc32)c1C=C. The van der Waals surface area contributed by atoms with E-state index in [1.807, 2.05) is 31.2 Å². The van der Waals surface area contributed by atoms with Crippen LogP contribution in [0.5, 0.6) is 0 Å². The molecule has 3 aromatic rings. The molecule has 0 saturated heterocycles. The van der Waals surface area contributed by atoms with Crippen molar-refractivity contribution in [3.8, 4) is 5.69 Å². The normalized spacial score (nSPS) is 10.8. The van der Waals surface area contributed by atoms with Gasteiger partial charge < -0.3 is 0 Å². The third kappa shape index (κ3) is 2.00. The van der Waals surface area contributed by atoms with Gasteiger partial charge >= 0.3 is 0 Å². The molecule has 0 atom stereocenters. The van der Waals surface area contributed by atoms with Crippen molar-refractivity contribution in [1.82, 2.24) is 9.55 Å². The molecule has 21 heavy (non-hydrogen) atoms. The lowest BCUT2D eigenvalue weighted by molar-refractivity contribution is 0.998. The molecule has 2 heteroatoms. The summed E-state index contributed by atoms with van der Waals surface area (Å²) in [5.74, 6) is 0.976. The van der Waals surface area contributed by atoms with E-state index in [1.165, 1.54) is 5.56 Å². The minimum Gasteiger partial charge on any atom is -0.296 e. The van der Waals surface area contributed by atoms with Gasteiger partial charge in [-0.15, -0.1) is 0 Å². The molecule has 0 bridgehead atoms. The highest BCUT2D eigenvalue weighted by Gasteiger charge is 2.13. The Bertz CT molecular complexity index is 853. The number of aromatic nitrogens is 2. The van der Waals surface area contributed by atoms with Gasteiger partial charge in [0.1, 0.15) is 5.82 Å². The van der Waals surface area contributed by atoms with Gasteiger partial charge in [-0.2, -0.15) is 0 Å². The molecule has 2 nitrogen and oxygen atoms in total. The topological polar surface area (TPSA) is 17.8 Å². The van der Waals surface area contributed by atoms with E-state index in [4.69, 9.17) is 4.98 Å². The Kier molecular flexibility index (Phi) is 3.22. The van der Waals surface area contributed by atoms with Crippen molar-refractivity contribution in [1.29, 1.82) is 0 Å². The largest absolute Gasteiger partial charge is 0.296 e. The molecule has 1 heterocycles. The summed E-state index contributed by atoms with van der Waals surface area (Å²) < 4.78 is 2.19. The van der Waals surface area contributed by atoms with Crippen LogP contribution in [0.25, 0.3) is 28.9 Å². The summed E-state index contributed by atoms with van der Waals surface area (Å²) in [7, 11) is 0. The van der Waals surface area contributed by atoms with E-state index < -0.39 is 0 Å². The van der Waals surface area contributed by atoms with Gasteiger partial charge in [0.15, 0.2) is 0 Å². The van der Waals surface area contributed by atoms with Crippen molar-refractivity contribution in [2.45, 2.75) is 13.8 Å². The number of nitrogens with zero attached hydrogens (tertiary/aromatic N) is 2. The zero-order chi connectivity index (χ0) is 15.0. The highest BCUT2D eigenvalue weighted by atomic mass is 15.1. The maximum atomic E-state index is 4.72. The molecule has 0 saturated carbocycles. The fraction of sp³-hybridized carbons (Fsp3) is 0.105. The first-order valence-electron chi connectivity index (χ1n) is 7.00. The zero-order valence-electron chi connectivity index (χ0n) is 12.4. The molecule has 0 N–H and O–H groups in total. The number of aryl methyl sites for hydroxylation is 2. The second kappa shape index (κ2) is 5.06. The number of fused-ring (bicyclic) bond motifs is 1. The molecule has 3 rings (SSSR count). The highest BCUT2D eigenvalue weighted by Crippen LogP contribution is 2.28. The molecule has 0 fully saturated rings. The summed E-state index contributed by atoms with van der Waals surface area (Å²) in [5, 5.41) is 0. The molecule has 0 unspecified atom stereocenters. The smallest absolute Gasteiger partial charge is 0.111 e. The van der Waals surface area contributed by atoms with E-state index in [0.29, 0.717) is 0 Å². The highest BCUT2D eigenvalue weighted by molar-refractivity contribution is 5.83. The van der Waals surface area contributed by atoms with E-state index in [1.54, 1.807) is 0 Å². The summed E-state index contributed by atoms with van der Waals surface area (Å²) in [5.41, 5.74) is 6.61. The third-order valence-corrected chi connectivity index (χ3v) is 3.84. The number of para-hydroxylation sites is 1. The molecule has 0 amide bonds. The maximum Gasteiger partial charge on any atom is 0.111 e. The van der Waals surface area contributed by atoms with Crippen LogP contribution in [0, 0.1) is 13.8 Å². The van der Waals surface area contributed by atoms with Crippen molar-refractivity contribution < 1.29 is 0 Å². The second-order valence-electron chi connectivity index (χ2n) is 5.13. The molecule has 0 aliphatic heterocycles. The van der Waals surface area contributed by atoms with Gasteiger partial charge in [0, 0.05) is 5.56 Å². The lowest BCUT2D eigenvalue weighted by Gasteiger charge is -2.13. The van der Waals surface area contributed by atoms with E-state index in [0.717, 1.165) is 33.7 Å². The van der Waals surface area contributed by atoms with Crippen LogP contribution in [-0.4, -0.2) is 9.55 Å². The molecule has 2 aromatic carbocycles. The number of hydrogen-bond acceptors (Lipinski definition) is 1. The standard InChI is InChI=1S/C19H18N2/c1-5-15-10-8-11-17(16(15)6-2)21-14(4)20-19-13(3)9-7-12-18(19)21/h5-12H,1-2H2,3-4H3. The average Bonchev–Trinajstić information content (AvgIpc) is 2.84. The van der Waals surface area contributed by atoms with Crippen molar-refractivity contribution in [3.05, 3.63) is 72.1 Å². The molecule has 0 spiro atoms. The van der Waals surface area contributed by atoms with Crippen LogP contribution < -0.4 is 0 Å². The Balaban J connectivity index is 2.41. The van der Waals surface area contributed by atoms with E-state index >= 15 is 0 Å². The maximum absolute atomic E-state index is 4.72. The Labute approximate surface area is 125 Å². The monoisotopic (exact) mass is 274 g/mol. The van der Waals surface area contributed by atoms with Gasteiger partial charge in [0.25, 0.3) is 0 Å². The lowest BCUT2D eigenvalue weighted by atomic mass is 10.0. The predicted octanol–water partition coefficient (Wildman–Crippen LogP) is 4.93. The van der Waals surface area contributed by atoms with E-state index in [9.17, 15) is 0 Å². The average molecular weight is 274 g/mol. The molecule has 1 aromatic heterocycles. The van der Waals surface area contributed by atoms with Crippen LogP contribution in [0.2, 0.25) is 0 Å². The molecule has 0 aliphatic carbocycles. The van der Waals surface area contributed by atoms with Gasteiger partial charge in [0.05, 0.1) is 16.7 Å². The molecule has 0 radical (unpaired) electrons. The lowest BCUT2D eigenvalue weighted by Crippen LogP contribution is -2.00. The second-order valence-corrected chi connectivity index (χ2v) is 5.13. The van der Waals surface area contributed by atoms with Gasteiger partial charge in [-0.1, -0.05) is 49.6 Å². The summed E-state index contributed by atoms with van der Waals surface area (Å²) in [4.78, 5) is 4.72. The van der Waals surface area contributed by atoms with Crippen LogP contribution in [0.3, 0.4) is 0 Å². The summed E-state index contributed by atoms with van der Waals surface area (Å²) in [6, 6.07) is 12.5. The van der Waals surface area contributed by atoms with Crippen LogP contribution in [-0.2, 0) is 0 Å². The fourth-order valence-corrected chi connectivity index (χ4v) is 2.83. The van der Waals surface area contributed by atoms with E-state index in [-0.39, 0.29) is 0 Å². The van der Waals surface area contributed by atoms with Gasteiger partial charge in [0.2, 0.25) is 0 Å². The number of imidazole rings is 1. The minimum atomic E-state index is 0.976. The van der Waals surface area contributed by atoms with E-state index in [2.05, 4.69) is 48.9 Å². The molecule has 0 aliphatic rings. The first-order valence-corrected chi connectivity index (χ1v) is 7.00. The van der Waals surface area contributed by atoms with Crippen LogP contribution in [0.4, 0.5) is 0 Å². The van der Waals surface area contributed by atoms with Crippen molar-refractivity contribution in [2.24, 2.45) is 0 Å². The van der Waals surface area contributed by atoms with Crippen molar-refractivity contribution in [3.63, 3.8) is 0 Å². The molecular weight excluding hydrogens is 256 g/mol. The zero-order valence-corrected chi connectivity index (χ0v) is 12.4. The summed E-state index contributed by atoms with van der Waals surface area (Å²) >= 11 is 0. The first-order chi connectivity index (χ1) is 10.2. The van der Waals surface area contributed by atoms with Crippen LogP contribution in [0.1, 0.15) is 22.5 Å². The summed E-state index contributed by atoms with van der Waals surface area (Å²) in [6.07, 6.45) is 3.74. The number of rotatable bonds is 3. The molecule has 104 valence electrons. The fourth-order valence-electron chi connectivity index (χ4n) is 2.83. The quantitative estimate of drug-likeness (QED) is 0.662. The van der Waals surface area contributed by atoms with Gasteiger partial charge in [-0.3, -0.25) is 4.57 Å². The number of benzene rings is 2. The molecular formula is C19H18N2. The van der Waals surface area contributed by atoms with Crippen molar-refractivity contribution in [2.75, 3.05) is 0 Å². The Morgan fingerprint density at radius 1 is 1.00 bits per heavy atom. The van der Waals surface area contributed by atoms with Gasteiger partial charge in [-0.25, -0.2) is 4.98 Å². The van der Waals surface area contributed by atoms with Crippen LogP contribution >= 0.6 is 0 Å². The predicted molar refractivity (Wildman–Crippen MR) is 90.7 cm³/mol. The van der Waals surface area contributed by atoms with Gasteiger partial charge in [-0.05, 0) is 37.1 Å².